The van der Waals surface area contributed by atoms with Gasteiger partial charge in [0.15, 0.2) is 5.82 Å². The van der Waals surface area contributed by atoms with Crippen LogP contribution in [0.2, 0.25) is 0 Å². The van der Waals surface area contributed by atoms with Gasteiger partial charge in [0.1, 0.15) is 11.5 Å². The molecule has 5 rings (SSSR count). The molecule has 0 radical (unpaired) electrons. The van der Waals surface area contributed by atoms with Gasteiger partial charge in [-0.2, -0.15) is 10.2 Å². The third-order valence-electron chi connectivity index (χ3n) is 5.14. The smallest absolute Gasteiger partial charge is 0.260 e. The quantitative estimate of drug-likeness (QED) is 0.398. The number of hydrogen-bond donors (Lipinski definition) is 1. The lowest BCUT2D eigenvalue weighted by Gasteiger charge is -2.04. The van der Waals surface area contributed by atoms with Crippen molar-refractivity contribution in [2.45, 2.75) is 6.54 Å². The summed E-state index contributed by atoms with van der Waals surface area (Å²) in [6.45, 7) is 0.398. The summed E-state index contributed by atoms with van der Waals surface area (Å²) in [5.74, 6) is -0.202. The maximum absolute atomic E-state index is 13.4. The number of amides is 1. The zero-order valence-corrected chi connectivity index (χ0v) is 17.6. The van der Waals surface area contributed by atoms with Gasteiger partial charge < -0.3 is 5.32 Å². The van der Waals surface area contributed by atoms with Crippen LogP contribution in [0, 0.1) is 5.82 Å². The SMILES string of the molecule is O=C(Nc1ccn(Cc2cccc(F)c2)n1)c1cn(-c2ccccc2)nc1-c1ccccc1. The fourth-order valence-electron chi connectivity index (χ4n) is 3.58. The van der Waals surface area contributed by atoms with E-state index in [-0.39, 0.29) is 11.7 Å². The van der Waals surface area contributed by atoms with Crippen LogP contribution in [0.1, 0.15) is 15.9 Å². The first-order chi connectivity index (χ1) is 16.2. The van der Waals surface area contributed by atoms with Gasteiger partial charge in [0.05, 0.1) is 17.8 Å². The molecule has 0 bridgehead atoms. The molecule has 2 heterocycles. The number of benzene rings is 3. The van der Waals surface area contributed by atoms with E-state index in [0.29, 0.717) is 23.6 Å². The third kappa shape index (κ3) is 4.57. The van der Waals surface area contributed by atoms with Gasteiger partial charge in [0, 0.05) is 24.0 Å². The van der Waals surface area contributed by atoms with E-state index in [0.717, 1.165) is 16.8 Å². The first-order valence-corrected chi connectivity index (χ1v) is 10.5. The summed E-state index contributed by atoms with van der Waals surface area (Å²) in [6.07, 6.45) is 3.46. The van der Waals surface area contributed by atoms with Crippen molar-refractivity contribution in [1.29, 1.82) is 0 Å². The number of hydrogen-bond acceptors (Lipinski definition) is 3. The molecule has 7 heteroatoms. The van der Waals surface area contributed by atoms with Crippen molar-refractivity contribution in [1.82, 2.24) is 19.6 Å². The van der Waals surface area contributed by atoms with Crippen molar-refractivity contribution in [2.24, 2.45) is 0 Å². The van der Waals surface area contributed by atoms with Gasteiger partial charge in [-0.1, -0.05) is 60.7 Å². The Labute approximate surface area is 189 Å². The molecule has 1 N–H and O–H groups in total. The van der Waals surface area contributed by atoms with Crippen LogP contribution in [0.5, 0.6) is 0 Å². The predicted molar refractivity (Wildman–Crippen MR) is 125 cm³/mol. The molecule has 0 aliphatic rings. The highest BCUT2D eigenvalue weighted by molar-refractivity contribution is 6.07. The molecule has 0 unspecified atom stereocenters. The van der Waals surface area contributed by atoms with E-state index in [9.17, 15) is 9.18 Å². The highest BCUT2D eigenvalue weighted by atomic mass is 19.1. The number of para-hydroxylation sites is 1. The Hall–Kier alpha value is -4.52. The van der Waals surface area contributed by atoms with Gasteiger partial charge >= 0.3 is 0 Å². The minimum atomic E-state index is -0.313. The maximum atomic E-state index is 13.4. The van der Waals surface area contributed by atoms with Crippen LogP contribution >= 0.6 is 0 Å². The monoisotopic (exact) mass is 437 g/mol. The van der Waals surface area contributed by atoms with E-state index in [2.05, 4.69) is 15.5 Å². The van der Waals surface area contributed by atoms with Crippen LogP contribution in [-0.4, -0.2) is 25.5 Å². The molecule has 2 aromatic heterocycles. The summed E-state index contributed by atoms with van der Waals surface area (Å²) >= 11 is 0. The molecule has 33 heavy (non-hydrogen) atoms. The third-order valence-corrected chi connectivity index (χ3v) is 5.14. The van der Waals surface area contributed by atoms with Crippen molar-refractivity contribution in [2.75, 3.05) is 5.32 Å². The summed E-state index contributed by atoms with van der Waals surface area (Å²) in [6, 6.07) is 27.3. The number of nitrogens with one attached hydrogen (secondary N) is 1. The maximum Gasteiger partial charge on any atom is 0.260 e. The number of rotatable bonds is 6. The summed E-state index contributed by atoms with van der Waals surface area (Å²) in [5.41, 5.74) is 3.49. The zero-order valence-electron chi connectivity index (χ0n) is 17.6. The van der Waals surface area contributed by atoms with Crippen LogP contribution in [0.15, 0.2) is 103 Å². The second-order valence-corrected chi connectivity index (χ2v) is 7.52. The Morgan fingerprint density at radius 1 is 0.879 bits per heavy atom. The fraction of sp³-hybridized carbons (Fsp3) is 0.0385. The number of aromatic nitrogens is 4. The lowest BCUT2D eigenvalue weighted by molar-refractivity contribution is 0.102. The number of anilines is 1. The Balaban J connectivity index is 1.41. The van der Waals surface area contributed by atoms with Crippen LogP contribution in [0.4, 0.5) is 10.2 Å². The fourth-order valence-corrected chi connectivity index (χ4v) is 3.58. The molecular formula is C26H20FN5O. The standard InChI is InChI=1S/C26H20FN5O/c27-21-11-7-8-19(16-21)17-31-15-14-24(29-31)28-26(33)23-18-32(22-12-5-2-6-13-22)30-25(23)20-9-3-1-4-10-20/h1-16,18H,17H2,(H,28,29,33). The highest BCUT2D eigenvalue weighted by Gasteiger charge is 2.19. The topological polar surface area (TPSA) is 64.7 Å². The Kier molecular flexibility index (Phi) is 5.51. The minimum absolute atomic E-state index is 0.294. The average Bonchev–Trinajstić information content (AvgIpc) is 3.48. The van der Waals surface area contributed by atoms with Gasteiger partial charge in [-0.15, -0.1) is 0 Å². The largest absolute Gasteiger partial charge is 0.305 e. The number of halogens is 1. The molecule has 0 aliphatic heterocycles. The Morgan fingerprint density at radius 3 is 2.39 bits per heavy atom. The summed E-state index contributed by atoms with van der Waals surface area (Å²) in [7, 11) is 0. The second-order valence-electron chi connectivity index (χ2n) is 7.52. The number of nitrogens with zero attached hydrogens (tertiary/aromatic N) is 4. The number of carbonyl (C=O) groups is 1. The molecule has 0 saturated heterocycles. The predicted octanol–water partition coefficient (Wildman–Crippen LogP) is 5.18. The van der Waals surface area contributed by atoms with Gasteiger partial charge in [-0.25, -0.2) is 9.07 Å². The lowest BCUT2D eigenvalue weighted by atomic mass is 10.1. The molecule has 0 saturated carbocycles. The first-order valence-electron chi connectivity index (χ1n) is 10.5. The van der Waals surface area contributed by atoms with E-state index in [1.807, 2.05) is 66.7 Å². The Bertz CT molecular complexity index is 1390. The minimum Gasteiger partial charge on any atom is -0.305 e. The summed E-state index contributed by atoms with van der Waals surface area (Å²) in [4.78, 5) is 13.2. The molecule has 0 fully saturated rings. The van der Waals surface area contributed by atoms with Crippen LogP contribution in [0.25, 0.3) is 16.9 Å². The molecular weight excluding hydrogens is 417 g/mol. The molecule has 5 aromatic rings. The van der Waals surface area contributed by atoms with Gasteiger partial charge in [-0.05, 0) is 29.8 Å². The molecule has 162 valence electrons. The van der Waals surface area contributed by atoms with Gasteiger partial charge in [-0.3, -0.25) is 9.48 Å². The van der Waals surface area contributed by atoms with Crippen molar-refractivity contribution in [3.63, 3.8) is 0 Å². The van der Waals surface area contributed by atoms with E-state index in [1.54, 1.807) is 33.9 Å². The van der Waals surface area contributed by atoms with E-state index < -0.39 is 0 Å². The van der Waals surface area contributed by atoms with Crippen LogP contribution in [0.3, 0.4) is 0 Å². The Morgan fingerprint density at radius 2 is 1.64 bits per heavy atom. The lowest BCUT2D eigenvalue weighted by Crippen LogP contribution is -2.13. The molecule has 0 atom stereocenters. The van der Waals surface area contributed by atoms with Crippen molar-refractivity contribution in [3.8, 4) is 16.9 Å². The summed E-state index contributed by atoms with van der Waals surface area (Å²) < 4.78 is 16.8. The van der Waals surface area contributed by atoms with Crippen LogP contribution < -0.4 is 5.32 Å². The van der Waals surface area contributed by atoms with E-state index in [1.165, 1.54) is 12.1 Å². The first kappa shape index (κ1) is 20.4. The van der Waals surface area contributed by atoms with E-state index in [4.69, 9.17) is 0 Å². The normalized spacial score (nSPS) is 10.8. The molecule has 6 nitrogen and oxygen atoms in total. The van der Waals surface area contributed by atoms with Crippen molar-refractivity contribution >= 4 is 11.7 Å². The molecule has 3 aromatic carbocycles. The second kappa shape index (κ2) is 8.92. The van der Waals surface area contributed by atoms with Gasteiger partial charge in [0.2, 0.25) is 0 Å². The van der Waals surface area contributed by atoms with E-state index >= 15 is 0 Å². The molecule has 1 amide bonds. The van der Waals surface area contributed by atoms with Crippen molar-refractivity contribution < 1.29 is 9.18 Å². The summed E-state index contributed by atoms with van der Waals surface area (Å²) in [5, 5.41) is 11.9. The van der Waals surface area contributed by atoms with Crippen LogP contribution in [-0.2, 0) is 6.54 Å². The molecule has 0 aliphatic carbocycles. The number of carbonyl (C=O) groups excluding carboxylic acids is 1. The average molecular weight is 437 g/mol. The zero-order chi connectivity index (χ0) is 22.6. The van der Waals surface area contributed by atoms with Gasteiger partial charge in [0.25, 0.3) is 5.91 Å². The highest BCUT2D eigenvalue weighted by Crippen LogP contribution is 2.24. The van der Waals surface area contributed by atoms with Crippen molar-refractivity contribution in [3.05, 3.63) is 120 Å². The molecule has 0 spiro atoms.